The Morgan fingerprint density at radius 1 is 0.317 bits per heavy atom. The molecule has 0 saturated carbocycles. The zero-order chi connectivity index (χ0) is 40.4. The van der Waals surface area contributed by atoms with Gasteiger partial charge in [-0.25, -0.2) is 0 Å². The van der Waals surface area contributed by atoms with E-state index in [-0.39, 0.29) is 0 Å². The Bertz CT molecular complexity index is 3240. The van der Waals surface area contributed by atoms with Gasteiger partial charge in [-0.15, -0.1) is 6.58 Å². The fraction of sp³-hybridized carbons (Fsp3) is 0.0169. The van der Waals surface area contributed by atoms with E-state index in [0.717, 1.165) is 5.69 Å². The fourth-order valence-electron chi connectivity index (χ4n) is 9.01. The van der Waals surface area contributed by atoms with Crippen LogP contribution in [0.1, 0.15) is 6.92 Å². The second-order valence-corrected chi connectivity index (χ2v) is 15.2. The SMILES string of the molecule is C=CC.c1ccc(-c2ccc(-c3c4ccccc4c(-c4ccc(-n5c6ccccc6c6cc(-c7ccccc7-c7ccccc7)ccc65)cc4)c4ccccc34)cc2)cc1. The van der Waals surface area contributed by atoms with E-state index in [9.17, 15) is 0 Å². The molecule has 1 heteroatoms. The van der Waals surface area contributed by atoms with Crippen molar-refractivity contribution in [1.82, 2.24) is 4.57 Å². The van der Waals surface area contributed by atoms with Crippen LogP contribution in [0.5, 0.6) is 0 Å². The summed E-state index contributed by atoms with van der Waals surface area (Å²) in [4.78, 5) is 0. The molecule has 0 atom stereocenters. The first-order valence-corrected chi connectivity index (χ1v) is 20.7. The third-order valence-corrected chi connectivity index (χ3v) is 11.6. The lowest BCUT2D eigenvalue weighted by molar-refractivity contribution is 1.18. The number of rotatable bonds is 6. The van der Waals surface area contributed by atoms with Gasteiger partial charge in [0.25, 0.3) is 0 Å². The first-order chi connectivity index (χ1) is 29.7. The van der Waals surface area contributed by atoms with Crippen molar-refractivity contribution in [3.8, 4) is 61.3 Å². The molecule has 0 fully saturated rings. The van der Waals surface area contributed by atoms with E-state index >= 15 is 0 Å². The topological polar surface area (TPSA) is 4.93 Å². The van der Waals surface area contributed by atoms with Crippen molar-refractivity contribution in [3.63, 3.8) is 0 Å². The molecule has 11 rings (SSSR count). The molecule has 0 spiro atoms. The van der Waals surface area contributed by atoms with Crippen molar-refractivity contribution in [2.45, 2.75) is 6.92 Å². The lowest BCUT2D eigenvalue weighted by atomic mass is 9.85. The van der Waals surface area contributed by atoms with Gasteiger partial charge in [0, 0.05) is 16.5 Å². The average molecular weight is 766 g/mol. The van der Waals surface area contributed by atoms with Gasteiger partial charge in [0.15, 0.2) is 0 Å². The van der Waals surface area contributed by atoms with E-state index in [2.05, 4.69) is 236 Å². The van der Waals surface area contributed by atoms with E-state index in [4.69, 9.17) is 0 Å². The Morgan fingerprint density at radius 3 is 1.23 bits per heavy atom. The highest BCUT2D eigenvalue weighted by Gasteiger charge is 2.18. The van der Waals surface area contributed by atoms with Gasteiger partial charge in [0.2, 0.25) is 0 Å². The third-order valence-electron chi connectivity index (χ3n) is 11.6. The predicted octanol–water partition coefficient (Wildman–Crippen LogP) is 16.6. The number of nitrogens with zero attached hydrogens (tertiary/aromatic N) is 1. The van der Waals surface area contributed by atoms with Gasteiger partial charge in [0.05, 0.1) is 11.0 Å². The van der Waals surface area contributed by atoms with Crippen molar-refractivity contribution >= 4 is 43.4 Å². The van der Waals surface area contributed by atoms with Crippen LogP contribution < -0.4 is 0 Å². The molecule has 10 aromatic carbocycles. The smallest absolute Gasteiger partial charge is 0.0541 e. The monoisotopic (exact) mass is 765 g/mol. The van der Waals surface area contributed by atoms with E-state index < -0.39 is 0 Å². The number of fused-ring (bicyclic) bond motifs is 5. The first-order valence-electron chi connectivity index (χ1n) is 20.7. The molecule has 0 bridgehead atoms. The fourth-order valence-corrected chi connectivity index (χ4v) is 9.01. The molecule has 0 N–H and O–H groups in total. The molecular formula is C59H43N. The Morgan fingerprint density at radius 2 is 0.683 bits per heavy atom. The molecule has 60 heavy (non-hydrogen) atoms. The summed E-state index contributed by atoms with van der Waals surface area (Å²) in [5.41, 5.74) is 15.9. The summed E-state index contributed by atoms with van der Waals surface area (Å²) in [7, 11) is 0. The zero-order valence-corrected chi connectivity index (χ0v) is 33.6. The van der Waals surface area contributed by atoms with Gasteiger partial charge in [-0.3, -0.25) is 0 Å². The van der Waals surface area contributed by atoms with Crippen LogP contribution in [0.2, 0.25) is 0 Å². The molecule has 1 heterocycles. The van der Waals surface area contributed by atoms with Crippen LogP contribution in [-0.4, -0.2) is 4.57 Å². The normalized spacial score (nSPS) is 11.2. The summed E-state index contributed by atoms with van der Waals surface area (Å²) in [6.45, 7) is 5.25. The van der Waals surface area contributed by atoms with Crippen LogP contribution >= 0.6 is 0 Å². The largest absolute Gasteiger partial charge is 0.309 e. The lowest BCUT2D eigenvalue weighted by Gasteiger charge is -2.18. The Kier molecular flexibility index (Phi) is 9.69. The number of allylic oxidation sites excluding steroid dienone is 1. The zero-order valence-electron chi connectivity index (χ0n) is 33.6. The predicted molar refractivity (Wildman–Crippen MR) is 259 cm³/mol. The Balaban J connectivity index is 0.00000140. The van der Waals surface area contributed by atoms with E-state index in [1.807, 2.05) is 6.92 Å². The van der Waals surface area contributed by atoms with Crippen molar-refractivity contribution in [3.05, 3.63) is 237 Å². The molecule has 284 valence electrons. The molecule has 0 amide bonds. The Hall–Kier alpha value is -7.74. The molecule has 0 unspecified atom stereocenters. The maximum Gasteiger partial charge on any atom is 0.0541 e. The van der Waals surface area contributed by atoms with Crippen molar-refractivity contribution in [2.75, 3.05) is 0 Å². The summed E-state index contributed by atoms with van der Waals surface area (Å²) in [6, 6.07) is 81.8. The minimum atomic E-state index is 1.14. The molecule has 0 saturated heterocycles. The van der Waals surface area contributed by atoms with Crippen LogP contribution in [0, 0.1) is 0 Å². The molecular weight excluding hydrogens is 723 g/mol. The minimum Gasteiger partial charge on any atom is -0.309 e. The second kappa shape index (κ2) is 15.9. The van der Waals surface area contributed by atoms with E-state index in [0.29, 0.717) is 0 Å². The second-order valence-electron chi connectivity index (χ2n) is 15.2. The number of hydrogen-bond acceptors (Lipinski definition) is 0. The summed E-state index contributed by atoms with van der Waals surface area (Å²) < 4.78 is 2.42. The lowest BCUT2D eigenvalue weighted by Crippen LogP contribution is -1.95. The minimum absolute atomic E-state index is 1.14. The van der Waals surface area contributed by atoms with Gasteiger partial charge >= 0.3 is 0 Å². The van der Waals surface area contributed by atoms with Crippen LogP contribution in [0.15, 0.2) is 237 Å². The number of aromatic nitrogens is 1. The highest BCUT2D eigenvalue weighted by atomic mass is 15.0. The maximum atomic E-state index is 3.36. The Labute approximate surface area is 351 Å². The first kappa shape index (κ1) is 36.6. The number of para-hydroxylation sites is 1. The van der Waals surface area contributed by atoms with Gasteiger partial charge in [-0.05, 0) is 114 Å². The molecule has 0 aliphatic rings. The quantitative estimate of drug-likeness (QED) is 0.117. The van der Waals surface area contributed by atoms with Crippen LogP contribution in [0.3, 0.4) is 0 Å². The van der Waals surface area contributed by atoms with Gasteiger partial charge in [0.1, 0.15) is 0 Å². The molecule has 0 aliphatic carbocycles. The molecule has 11 aromatic rings. The summed E-state index contributed by atoms with van der Waals surface area (Å²) in [5, 5.41) is 7.53. The van der Waals surface area contributed by atoms with Crippen LogP contribution in [0.4, 0.5) is 0 Å². The standard InChI is InChI=1S/C56H37N.C3H6/c1-3-15-38(16-4-1)39-27-29-41(30-28-39)55-48-22-9-11-24-50(48)56(51-25-12-10-23-49(51)55)42-31-34-44(35-32-42)57-53-26-14-13-21-47(53)52-37-43(33-36-54(52)57)46-20-8-7-19-45(46)40-17-5-2-6-18-40;1-3-2/h1-37H;3H,1H2,2H3. The molecule has 0 radical (unpaired) electrons. The number of benzene rings is 10. The van der Waals surface area contributed by atoms with Crippen molar-refractivity contribution in [2.24, 2.45) is 0 Å². The highest BCUT2D eigenvalue weighted by molar-refractivity contribution is 6.21. The molecule has 1 aromatic heterocycles. The number of hydrogen-bond donors (Lipinski definition) is 0. The average Bonchev–Trinajstić information content (AvgIpc) is 3.65. The van der Waals surface area contributed by atoms with Gasteiger partial charge < -0.3 is 4.57 Å². The van der Waals surface area contributed by atoms with Crippen LogP contribution in [0.25, 0.3) is 105 Å². The van der Waals surface area contributed by atoms with E-state index in [1.54, 1.807) is 6.08 Å². The van der Waals surface area contributed by atoms with Crippen LogP contribution in [-0.2, 0) is 0 Å². The van der Waals surface area contributed by atoms with E-state index in [1.165, 1.54) is 99.0 Å². The summed E-state index contributed by atoms with van der Waals surface area (Å²) >= 11 is 0. The van der Waals surface area contributed by atoms with Crippen molar-refractivity contribution < 1.29 is 0 Å². The van der Waals surface area contributed by atoms with Gasteiger partial charge in [-0.1, -0.05) is 200 Å². The summed E-state index contributed by atoms with van der Waals surface area (Å²) in [6.07, 6.45) is 1.75. The third kappa shape index (κ3) is 6.47. The maximum absolute atomic E-state index is 3.36. The molecule has 1 nitrogen and oxygen atoms in total. The van der Waals surface area contributed by atoms with Gasteiger partial charge in [-0.2, -0.15) is 0 Å². The molecule has 0 aliphatic heterocycles. The van der Waals surface area contributed by atoms with Crippen molar-refractivity contribution in [1.29, 1.82) is 0 Å². The highest BCUT2D eigenvalue weighted by Crippen LogP contribution is 2.45. The summed E-state index contributed by atoms with van der Waals surface area (Å²) in [5.74, 6) is 0.